The number of amides is 1. The molecule has 10 heteroatoms. The number of ketones is 1. The second kappa shape index (κ2) is 8.89. The lowest BCUT2D eigenvalue weighted by atomic mass is 10.0. The highest BCUT2D eigenvalue weighted by atomic mass is 19.4. The number of fused-ring (bicyclic) bond motifs is 1. The van der Waals surface area contributed by atoms with Crippen LogP contribution in [0.5, 0.6) is 0 Å². The Labute approximate surface area is 189 Å². The fourth-order valence-electron chi connectivity index (χ4n) is 3.50. The van der Waals surface area contributed by atoms with Crippen molar-refractivity contribution in [3.8, 4) is 0 Å². The maximum Gasteiger partial charge on any atom is 0.418 e. The number of hydrogen-bond acceptors (Lipinski definition) is 4. The first-order valence-electron chi connectivity index (χ1n) is 9.88. The lowest BCUT2D eigenvalue weighted by Gasteiger charge is -2.16. The minimum absolute atomic E-state index is 0.00975. The molecule has 6 nitrogen and oxygen atoms in total. The summed E-state index contributed by atoms with van der Waals surface area (Å²) < 4.78 is 54.8. The summed E-state index contributed by atoms with van der Waals surface area (Å²) in [6.45, 7) is -0.580. The highest BCUT2D eigenvalue weighted by molar-refractivity contribution is 6.10. The Morgan fingerprint density at radius 1 is 1.00 bits per heavy atom. The van der Waals surface area contributed by atoms with E-state index in [9.17, 15) is 31.9 Å². The van der Waals surface area contributed by atoms with Gasteiger partial charge in [-0.05, 0) is 42.5 Å². The zero-order chi connectivity index (χ0) is 24.5. The van der Waals surface area contributed by atoms with E-state index >= 15 is 0 Å². The molecule has 0 unspecified atom stereocenters. The molecule has 0 radical (unpaired) electrons. The van der Waals surface area contributed by atoms with Gasteiger partial charge in [0.05, 0.1) is 22.3 Å². The van der Waals surface area contributed by atoms with E-state index in [4.69, 9.17) is 0 Å². The van der Waals surface area contributed by atoms with Gasteiger partial charge in [-0.1, -0.05) is 12.1 Å². The van der Waals surface area contributed by atoms with Crippen molar-refractivity contribution in [3.63, 3.8) is 0 Å². The average molecular weight is 469 g/mol. The van der Waals surface area contributed by atoms with E-state index in [-0.39, 0.29) is 22.0 Å². The summed E-state index contributed by atoms with van der Waals surface area (Å²) in [6.07, 6.45) is -0.856. The normalized spacial score (nSPS) is 11.4. The molecule has 4 rings (SSSR count). The maximum atomic E-state index is 13.9. The summed E-state index contributed by atoms with van der Waals surface area (Å²) >= 11 is 0. The average Bonchev–Trinajstić information content (AvgIpc) is 2.80. The minimum atomic E-state index is -4.69. The number of rotatable bonds is 5. The van der Waals surface area contributed by atoms with Gasteiger partial charge in [0.25, 0.3) is 0 Å². The molecular weight excluding hydrogens is 454 g/mol. The first-order chi connectivity index (χ1) is 16.1. The van der Waals surface area contributed by atoms with Crippen LogP contribution in [0, 0.1) is 5.82 Å². The number of benzene rings is 2. The highest BCUT2D eigenvalue weighted by Gasteiger charge is 2.33. The molecule has 4 aromatic rings. The Balaban J connectivity index is 1.76. The predicted octanol–water partition coefficient (Wildman–Crippen LogP) is 4.42. The number of nitrogens with one attached hydrogen (secondary N) is 1. The molecule has 0 fully saturated rings. The minimum Gasteiger partial charge on any atom is -0.337 e. The van der Waals surface area contributed by atoms with Crippen LogP contribution in [0.3, 0.4) is 0 Å². The molecule has 2 aromatic carbocycles. The van der Waals surface area contributed by atoms with Gasteiger partial charge in [0.15, 0.2) is 5.78 Å². The first kappa shape index (κ1) is 22.8. The predicted molar refractivity (Wildman–Crippen MR) is 116 cm³/mol. The third-order valence-electron chi connectivity index (χ3n) is 5.05. The molecule has 172 valence electrons. The van der Waals surface area contributed by atoms with E-state index < -0.39 is 46.9 Å². The number of nitrogens with zero attached hydrogens (tertiary/aromatic N) is 2. The Bertz CT molecular complexity index is 1460. The molecule has 0 aliphatic carbocycles. The Kier molecular flexibility index (Phi) is 5.97. The van der Waals surface area contributed by atoms with Gasteiger partial charge in [0.1, 0.15) is 12.4 Å². The van der Waals surface area contributed by atoms with Crippen LogP contribution < -0.4 is 10.7 Å². The number of halogens is 4. The van der Waals surface area contributed by atoms with Crippen LogP contribution in [0.2, 0.25) is 0 Å². The van der Waals surface area contributed by atoms with Crippen LogP contribution in [0.25, 0.3) is 10.9 Å². The molecular formula is C24H15F4N3O3. The summed E-state index contributed by atoms with van der Waals surface area (Å²) in [4.78, 5) is 42.3. The largest absolute Gasteiger partial charge is 0.418 e. The van der Waals surface area contributed by atoms with Gasteiger partial charge < -0.3 is 9.88 Å². The number of para-hydroxylation sites is 1. The SMILES string of the molecule is O=C(Cn1cc(C(=O)c2ccncc2)c(=O)c2ccc(F)cc21)Nc1ccccc1C(F)(F)F. The molecule has 0 spiro atoms. The Morgan fingerprint density at radius 3 is 2.41 bits per heavy atom. The topological polar surface area (TPSA) is 81.1 Å². The summed E-state index contributed by atoms with van der Waals surface area (Å²) in [6, 6.07) is 10.5. The monoisotopic (exact) mass is 469 g/mol. The van der Waals surface area contributed by atoms with Crippen LogP contribution in [0.4, 0.5) is 23.2 Å². The van der Waals surface area contributed by atoms with Crippen molar-refractivity contribution in [2.24, 2.45) is 0 Å². The lowest BCUT2D eigenvalue weighted by molar-refractivity contribution is -0.137. The van der Waals surface area contributed by atoms with Crippen molar-refractivity contribution in [2.75, 3.05) is 5.32 Å². The van der Waals surface area contributed by atoms with Gasteiger partial charge in [0, 0.05) is 29.5 Å². The molecule has 1 N–H and O–H groups in total. The van der Waals surface area contributed by atoms with Crippen molar-refractivity contribution < 1.29 is 27.2 Å². The van der Waals surface area contributed by atoms with Gasteiger partial charge in [-0.3, -0.25) is 19.4 Å². The molecule has 0 saturated heterocycles. The van der Waals surface area contributed by atoms with E-state index in [1.54, 1.807) is 0 Å². The Hall–Kier alpha value is -4.34. The number of anilines is 1. The highest BCUT2D eigenvalue weighted by Crippen LogP contribution is 2.34. The van der Waals surface area contributed by atoms with Gasteiger partial charge in [-0.2, -0.15) is 13.2 Å². The number of carbonyl (C=O) groups excluding carboxylic acids is 2. The number of aromatic nitrogens is 2. The molecule has 34 heavy (non-hydrogen) atoms. The van der Waals surface area contributed by atoms with Gasteiger partial charge >= 0.3 is 6.18 Å². The van der Waals surface area contributed by atoms with Crippen molar-refractivity contribution in [1.82, 2.24) is 9.55 Å². The zero-order valence-electron chi connectivity index (χ0n) is 17.3. The number of carbonyl (C=O) groups is 2. The quantitative estimate of drug-likeness (QED) is 0.347. The van der Waals surface area contributed by atoms with E-state index in [1.165, 1.54) is 42.7 Å². The third kappa shape index (κ3) is 4.56. The van der Waals surface area contributed by atoms with Crippen molar-refractivity contribution in [3.05, 3.63) is 106 Å². The summed E-state index contributed by atoms with van der Waals surface area (Å²) in [7, 11) is 0. The smallest absolute Gasteiger partial charge is 0.337 e. The first-order valence-corrected chi connectivity index (χ1v) is 9.88. The van der Waals surface area contributed by atoms with Crippen molar-refractivity contribution in [1.29, 1.82) is 0 Å². The van der Waals surface area contributed by atoms with Crippen LogP contribution in [0.1, 0.15) is 21.5 Å². The van der Waals surface area contributed by atoms with E-state index in [1.807, 2.05) is 0 Å². The molecule has 0 saturated carbocycles. The standard InChI is InChI=1S/C24H15F4N3O3/c25-15-5-6-16-20(11-15)31(12-17(23(16)34)22(33)14-7-9-29-10-8-14)13-21(32)30-19-4-2-1-3-18(19)24(26,27)28/h1-12H,13H2,(H,30,32). The molecule has 2 aromatic heterocycles. The van der Waals surface area contributed by atoms with E-state index in [0.717, 1.165) is 35.0 Å². The zero-order valence-corrected chi connectivity index (χ0v) is 17.3. The lowest BCUT2D eigenvalue weighted by Crippen LogP contribution is -2.25. The fourth-order valence-corrected chi connectivity index (χ4v) is 3.50. The van der Waals surface area contributed by atoms with Crippen LogP contribution in [0.15, 0.2) is 78.0 Å². The molecule has 2 heterocycles. The molecule has 0 aliphatic heterocycles. The third-order valence-corrected chi connectivity index (χ3v) is 5.05. The van der Waals surface area contributed by atoms with Gasteiger partial charge in [0.2, 0.25) is 11.3 Å². The number of pyridine rings is 2. The molecule has 0 bridgehead atoms. The van der Waals surface area contributed by atoms with Crippen molar-refractivity contribution >= 4 is 28.3 Å². The number of hydrogen-bond donors (Lipinski definition) is 1. The number of alkyl halides is 3. The van der Waals surface area contributed by atoms with Crippen LogP contribution in [-0.4, -0.2) is 21.2 Å². The molecule has 0 aliphatic rings. The van der Waals surface area contributed by atoms with Crippen LogP contribution >= 0.6 is 0 Å². The molecule has 0 atom stereocenters. The summed E-state index contributed by atoms with van der Waals surface area (Å²) in [5, 5.41) is 2.17. The van der Waals surface area contributed by atoms with E-state index in [0.29, 0.717) is 0 Å². The van der Waals surface area contributed by atoms with E-state index in [2.05, 4.69) is 10.3 Å². The fraction of sp³-hybridized carbons (Fsp3) is 0.0833. The summed E-state index contributed by atoms with van der Waals surface area (Å²) in [5.74, 6) is -2.21. The second-order valence-electron chi connectivity index (χ2n) is 7.32. The van der Waals surface area contributed by atoms with Gasteiger partial charge in [-0.25, -0.2) is 4.39 Å². The van der Waals surface area contributed by atoms with Crippen LogP contribution in [-0.2, 0) is 17.5 Å². The second-order valence-corrected chi connectivity index (χ2v) is 7.32. The maximum absolute atomic E-state index is 13.9. The van der Waals surface area contributed by atoms with Crippen molar-refractivity contribution in [2.45, 2.75) is 12.7 Å². The summed E-state index contributed by atoms with van der Waals surface area (Å²) in [5.41, 5.74) is -2.26. The molecule has 1 amide bonds. The Morgan fingerprint density at radius 2 is 1.71 bits per heavy atom. The van der Waals surface area contributed by atoms with Gasteiger partial charge in [-0.15, -0.1) is 0 Å².